The van der Waals surface area contributed by atoms with E-state index in [1.165, 1.54) is 11.1 Å². The van der Waals surface area contributed by atoms with Gasteiger partial charge in [-0.25, -0.2) is 9.59 Å². The van der Waals surface area contributed by atoms with Gasteiger partial charge in [-0.15, -0.1) is 0 Å². The molecule has 0 aromatic heterocycles. The van der Waals surface area contributed by atoms with E-state index in [0.717, 1.165) is 36.8 Å². The summed E-state index contributed by atoms with van der Waals surface area (Å²) in [4.78, 5) is 37.8. The second kappa shape index (κ2) is 9.72. The van der Waals surface area contributed by atoms with E-state index in [1.54, 1.807) is 0 Å². The lowest BCUT2D eigenvalue weighted by Gasteiger charge is -2.35. The number of carboxylic acid groups (broad SMARTS) is 1. The van der Waals surface area contributed by atoms with Crippen molar-refractivity contribution in [2.45, 2.75) is 68.9 Å². The van der Waals surface area contributed by atoms with Gasteiger partial charge in [-0.2, -0.15) is 0 Å². The minimum Gasteiger partial charge on any atom is -0.480 e. The maximum absolute atomic E-state index is 13.1. The first-order valence-corrected chi connectivity index (χ1v) is 12.7. The fourth-order valence-corrected chi connectivity index (χ4v) is 6.11. The van der Waals surface area contributed by atoms with Crippen LogP contribution in [-0.2, 0) is 14.3 Å². The zero-order valence-electron chi connectivity index (χ0n) is 19.8. The number of hydrogen-bond donors (Lipinski definition) is 3. The third-order valence-corrected chi connectivity index (χ3v) is 7.98. The maximum Gasteiger partial charge on any atom is 0.407 e. The van der Waals surface area contributed by atoms with Gasteiger partial charge in [0.1, 0.15) is 12.1 Å². The third-order valence-electron chi connectivity index (χ3n) is 7.98. The molecule has 3 aliphatic carbocycles. The molecular weight excluding hydrogens is 444 g/mol. The van der Waals surface area contributed by atoms with Gasteiger partial charge >= 0.3 is 12.1 Å². The van der Waals surface area contributed by atoms with Gasteiger partial charge < -0.3 is 20.5 Å². The van der Waals surface area contributed by atoms with E-state index in [-0.39, 0.29) is 24.5 Å². The topological polar surface area (TPSA) is 105 Å². The third kappa shape index (κ3) is 4.51. The highest BCUT2D eigenvalue weighted by Crippen LogP contribution is 2.44. The molecule has 0 radical (unpaired) electrons. The number of hydrogen-bond acceptors (Lipinski definition) is 4. The molecule has 2 aromatic rings. The molecule has 2 amide bonds. The van der Waals surface area contributed by atoms with Crippen LogP contribution in [0.2, 0.25) is 0 Å². The van der Waals surface area contributed by atoms with Crippen LogP contribution in [0.1, 0.15) is 68.4 Å². The molecule has 0 aliphatic heterocycles. The van der Waals surface area contributed by atoms with Crippen molar-refractivity contribution >= 4 is 18.0 Å². The van der Waals surface area contributed by atoms with Gasteiger partial charge in [-0.3, -0.25) is 4.79 Å². The summed E-state index contributed by atoms with van der Waals surface area (Å²) in [5.74, 6) is -1.73. The summed E-state index contributed by atoms with van der Waals surface area (Å²) in [5, 5.41) is 15.5. The number of fused-ring (bicyclic) bond motifs is 3. The average molecular weight is 477 g/mol. The van der Waals surface area contributed by atoms with Crippen molar-refractivity contribution in [3.05, 3.63) is 59.7 Å². The summed E-state index contributed by atoms with van der Waals surface area (Å²) in [6, 6.07) is 16.0. The van der Waals surface area contributed by atoms with Crippen LogP contribution in [0.25, 0.3) is 11.1 Å². The molecule has 35 heavy (non-hydrogen) atoms. The van der Waals surface area contributed by atoms with Crippen LogP contribution >= 0.6 is 0 Å². The van der Waals surface area contributed by atoms with E-state index in [4.69, 9.17) is 4.74 Å². The predicted molar refractivity (Wildman–Crippen MR) is 131 cm³/mol. The SMILES string of the molecule is O=C(N[C@@H]1CCC[C@@H]1C(=O)NC1(C(=O)O)CCCCC1)OCC1c2ccccc2-c2ccccc21. The van der Waals surface area contributed by atoms with E-state index >= 15 is 0 Å². The number of ether oxygens (including phenoxy) is 1. The molecule has 5 rings (SSSR count). The van der Waals surface area contributed by atoms with Crippen LogP contribution < -0.4 is 10.6 Å². The number of nitrogens with one attached hydrogen (secondary N) is 2. The van der Waals surface area contributed by atoms with Crippen molar-refractivity contribution in [1.29, 1.82) is 0 Å². The minimum absolute atomic E-state index is 0.0300. The fraction of sp³-hybridized carbons (Fsp3) is 0.464. The number of alkyl carbamates (subject to hydrolysis) is 1. The first-order valence-electron chi connectivity index (χ1n) is 12.7. The highest BCUT2D eigenvalue weighted by Gasteiger charge is 2.44. The minimum atomic E-state index is -1.19. The molecular formula is C28H32N2O5. The van der Waals surface area contributed by atoms with Crippen LogP contribution in [0.15, 0.2) is 48.5 Å². The zero-order valence-corrected chi connectivity index (χ0v) is 19.8. The van der Waals surface area contributed by atoms with Crippen LogP contribution in [0.3, 0.4) is 0 Å². The van der Waals surface area contributed by atoms with Crippen LogP contribution in [0.5, 0.6) is 0 Å². The Labute approximate surface area is 205 Å². The van der Waals surface area contributed by atoms with Gasteiger partial charge in [0.15, 0.2) is 0 Å². The lowest BCUT2D eigenvalue weighted by Crippen LogP contribution is -2.58. The Kier molecular flexibility index (Phi) is 6.50. The Morgan fingerprint density at radius 3 is 2.14 bits per heavy atom. The molecule has 2 saturated carbocycles. The average Bonchev–Trinajstić information content (AvgIpc) is 3.46. The first kappa shape index (κ1) is 23.4. The summed E-state index contributed by atoms with van der Waals surface area (Å²) in [6.07, 6.45) is 5.01. The standard InChI is InChI=1S/C28H32N2O5/c31-25(30-28(26(32)33)15-6-1-7-16-28)22-13-8-14-24(22)29-27(34)35-17-23-20-11-4-2-9-18(20)19-10-3-5-12-21(19)23/h2-5,9-12,22-24H,1,6-8,13-17H2,(H,29,34)(H,30,31)(H,32,33)/t22-,24+/m0/s1. The molecule has 3 N–H and O–H groups in total. The van der Waals surface area contributed by atoms with E-state index in [2.05, 4.69) is 34.9 Å². The van der Waals surface area contributed by atoms with Gasteiger partial charge in [0.05, 0.1) is 5.92 Å². The van der Waals surface area contributed by atoms with E-state index in [9.17, 15) is 19.5 Å². The number of carbonyl (C=O) groups is 3. The van der Waals surface area contributed by atoms with Crippen molar-refractivity contribution in [3.8, 4) is 11.1 Å². The molecule has 7 nitrogen and oxygen atoms in total. The molecule has 2 aromatic carbocycles. The molecule has 3 aliphatic rings. The first-order chi connectivity index (χ1) is 17.0. The molecule has 0 heterocycles. The number of benzene rings is 2. The van der Waals surface area contributed by atoms with Crippen molar-refractivity contribution in [2.75, 3.05) is 6.61 Å². The van der Waals surface area contributed by atoms with Crippen molar-refractivity contribution in [2.24, 2.45) is 5.92 Å². The van der Waals surface area contributed by atoms with Gasteiger partial charge in [0, 0.05) is 12.0 Å². The Morgan fingerprint density at radius 1 is 0.886 bits per heavy atom. The summed E-state index contributed by atoms with van der Waals surface area (Å²) >= 11 is 0. The Morgan fingerprint density at radius 2 is 1.51 bits per heavy atom. The molecule has 2 fully saturated rings. The molecule has 2 atom stereocenters. The number of carboxylic acids is 1. The largest absolute Gasteiger partial charge is 0.480 e. The molecule has 184 valence electrons. The Hall–Kier alpha value is -3.35. The summed E-state index contributed by atoms with van der Waals surface area (Å²) in [6.45, 7) is 0.214. The molecule has 0 saturated heterocycles. The second-order valence-electron chi connectivity index (χ2n) is 10.1. The molecule has 0 unspecified atom stereocenters. The normalized spacial score (nSPS) is 22.6. The second-order valence-corrected chi connectivity index (χ2v) is 10.1. The lowest BCUT2D eigenvalue weighted by molar-refractivity contribution is -0.150. The Bertz CT molecular complexity index is 1080. The van der Waals surface area contributed by atoms with Gasteiger partial charge in [-0.1, -0.05) is 74.2 Å². The van der Waals surface area contributed by atoms with Gasteiger partial charge in [0.25, 0.3) is 0 Å². The Balaban J connectivity index is 1.21. The predicted octanol–water partition coefficient (Wildman–Crippen LogP) is 4.60. The number of aliphatic carboxylic acids is 1. The zero-order chi connectivity index (χ0) is 24.4. The van der Waals surface area contributed by atoms with Crippen molar-refractivity contribution in [3.63, 3.8) is 0 Å². The van der Waals surface area contributed by atoms with E-state index in [1.807, 2.05) is 24.3 Å². The van der Waals surface area contributed by atoms with Crippen LogP contribution in [-0.4, -0.2) is 41.3 Å². The van der Waals surface area contributed by atoms with Crippen molar-refractivity contribution < 1.29 is 24.2 Å². The van der Waals surface area contributed by atoms with Crippen molar-refractivity contribution in [1.82, 2.24) is 10.6 Å². The number of carbonyl (C=O) groups excluding carboxylic acids is 2. The number of amides is 2. The monoisotopic (exact) mass is 476 g/mol. The summed E-state index contributed by atoms with van der Waals surface area (Å²) in [5.41, 5.74) is 3.43. The van der Waals surface area contributed by atoms with Crippen LogP contribution in [0, 0.1) is 5.92 Å². The fourth-order valence-electron chi connectivity index (χ4n) is 6.11. The highest BCUT2D eigenvalue weighted by atomic mass is 16.5. The maximum atomic E-state index is 13.1. The van der Waals surface area contributed by atoms with E-state index in [0.29, 0.717) is 25.7 Å². The van der Waals surface area contributed by atoms with E-state index < -0.39 is 23.5 Å². The molecule has 0 spiro atoms. The summed E-state index contributed by atoms with van der Waals surface area (Å²) < 4.78 is 5.66. The quantitative estimate of drug-likeness (QED) is 0.565. The smallest absolute Gasteiger partial charge is 0.407 e. The van der Waals surface area contributed by atoms with Gasteiger partial charge in [-0.05, 0) is 47.9 Å². The lowest BCUT2D eigenvalue weighted by atomic mass is 9.81. The molecule has 0 bridgehead atoms. The number of rotatable bonds is 6. The van der Waals surface area contributed by atoms with Crippen LogP contribution in [0.4, 0.5) is 4.79 Å². The van der Waals surface area contributed by atoms with Gasteiger partial charge in [0.2, 0.25) is 5.91 Å². The highest BCUT2D eigenvalue weighted by molar-refractivity contribution is 5.89. The summed E-state index contributed by atoms with van der Waals surface area (Å²) in [7, 11) is 0. The molecule has 7 heteroatoms.